The van der Waals surface area contributed by atoms with E-state index in [1.165, 1.54) is 0 Å². The summed E-state index contributed by atoms with van der Waals surface area (Å²) in [6.07, 6.45) is 3.24. The van der Waals surface area contributed by atoms with E-state index >= 15 is 0 Å². The summed E-state index contributed by atoms with van der Waals surface area (Å²) in [5.74, 6) is -1.00. The number of ether oxygens (including phenoxy) is 1. The van der Waals surface area contributed by atoms with E-state index in [0.717, 1.165) is 25.9 Å². The highest BCUT2D eigenvalue weighted by Crippen LogP contribution is 2.48. The van der Waals surface area contributed by atoms with Gasteiger partial charge in [0.2, 0.25) is 5.96 Å². The van der Waals surface area contributed by atoms with Crippen LogP contribution in [0.1, 0.15) is 19.3 Å². The fourth-order valence-electron chi connectivity index (χ4n) is 1.67. The SMILES string of the molecule is COCCC1(CN=C2NC(=O)C(=O)N2)CC1. The molecule has 0 aromatic carbocycles. The van der Waals surface area contributed by atoms with Crippen molar-refractivity contribution in [1.29, 1.82) is 0 Å². The zero-order valence-corrected chi connectivity index (χ0v) is 9.21. The normalized spacial score (nSPS) is 21.7. The molecule has 1 heterocycles. The first-order valence-corrected chi connectivity index (χ1v) is 5.31. The van der Waals surface area contributed by atoms with Crippen molar-refractivity contribution < 1.29 is 14.3 Å². The van der Waals surface area contributed by atoms with Crippen LogP contribution in [0.25, 0.3) is 0 Å². The number of carbonyl (C=O) groups excluding carboxylic acids is 2. The number of hydrogen-bond donors (Lipinski definition) is 2. The molecule has 6 nitrogen and oxygen atoms in total. The van der Waals surface area contributed by atoms with Crippen LogP contribution in [-0.4, -0.2) is 38.0 Å². The van der Waals surface area contributed by atoms with Crippen LogP contribution in [0, 0.1) is 5.41 Å². The van der Waals surface area contributed by atoms with Gasteiger partial charge in [-0.25, -0.2) is 0 Å². The average Bonchev–Trinajstić information content (AvgIpc) is 2.97. The van der Waals surface area contributed by atoms with Crippen LogP contribution >= 0.6 is 0 Å². The van der Waals surface area contributed by atoms with Crippen molar-refractivity contribution in [2.75, 3.05) is 20.3 Å². The predicted octanol–water partition coefficient (Wildman–Crippen LogP) is -0.595. The van der Waals surface area contributed by atoms with Gasteiger partial charge in [0.1, 0.15) is 0 Å². The highest BCUT2D eigenvalue weighted by Gasteiger charge is 2.42. The Morgan fingerprint density at radius 2 is 1.94 bits per heavy atom. The van der Waals surface area contributed by atoms with Crippen molar-refractivity contribution in [2.45, 2.75) is 19.3 Å². The zero-order valence-electron chi connectivity index (χ0n) is 9.21. The first-order valence-electron chi connectivity index (χ1n) is 5.31. The van der Waals surface area contributed by atoms with Crippen LogP contribution in [0.5, 0.6) is 0 Å². The van der Waals surface area contributed by atoms with Gasteiger partial charge in [-0.15, -0.1) is 0 Å². The van der Waals surface area contributed by atoms with Gasteiger partial charge in [-0.1, -0.05) is 0 Å². The van der Waals surface area contributed by atoms with Crippen LogP contribution in [0.3, 0.4) is 0 Å². The maximum atomic E-state index is 10.9. The van der Waals surface area contributed by atoms with Gasteiger partial charge < -0.3 is 4.74 Å². The molecule has 0 bridgehead atoms. The Hall–Kier alpha value is -1.43. The van der Waals surface area contributed by atoms with E-state index in [-0.39, 0.29) is 11.4 Å². The summed E-state index contributed by atoms with van der Waals surface area (Å²) in [4.78, 5) is 26.0. The summed E-state index contributed by atoms with van der Waals surface area (Å²) in [5.41, 5.74) is 0.223. The molecule has 0 atom stereocenters. The molecule has 2 N–H and O–H groups in total. The second-order valence-electron chi connectivity index (χ2n) is 4.32. The minimum Gasteiger partial charge on any atom is -0.385 e. The average molecular weight is 225 g/mol. The van der Waals surface area contributed by atoms with Crippen molar-refractivity contribution in [3.05, 3.63) is 0 Å². The molecule has 1 saturated carbocycles. The van der Waals surface area contributed by atoms with Gasteiger partial charge in [0, 0.05) is 20.3 Å². The molecule has 16 heavy (non-hydrogen) atoms. The van der Waals surface area contributed by atoms with Gasteiger partial charge in [-0.3, -0.25) is 25.2 Å². The summed E-state index contributed by atoms with van der Waals surface area (Å²) in [7, 11) is 1.68. The largest absolute Gasteiger partial charge is 0.385 e. The van der Waals surface area contributed by atoms with Crippen LogP contribution in [-0.2, 0) is 14.3 Å². The molecular formula is C10H15N3O3. The molecule has 0 radical (unpaired) electrons. The van der Waals surface area contributed by atoms with Gasteiger partial charge in [0.25, 0.3) is 0 Å². The second kappa shape index (κ2) is 4.21. The van der Waals surface area contributed by atoms with E-state index in [1.807, 2.05) is 0 Å². The van der Waals surface area contributed by atoms with Crippen LogP contribution < -0.4 is 10.6 Å². The highest BCUT2D eigenvalue weighted by molar-refractivity contribution is 6.45. The number of rotatable bonds is 5. The van der Waals surface area contributed by atoms with Crippen molar-refractivity contribution >= 4 is 17.8 Å². The molecular weight excluding hydrogens is 210 g/mol. The summed E-state index contributed by atoms with van der Waals surface area (Å²) in [6, 6.07) is 0. The van der Waals surface area contributed by atoms with Crippen LogP contribution in [0.15, 0.2) is 4.99 Å². The van der Waals surface area contributed by atoms with E-state index in [9.17, 15) is 9.59 Å². The molecule has 1 aliphatic carbocycles. The molecule has 2 aliphatic rings. The Kier molecular flexibility index (Phi) is 2.91. The minimum atomic E-state index is -0.638. The first-order chi connectivity index (χ1) is 7.65. The lowest BCUT2D eigenvalue weighted by atomic mass is 10.0. The molecule has 2 fully saturated rings. The molecule has 1 aliphatic heterocycles. The maximum Gasteiger partial charge on any atom is 0.316 e. The lowest BCUT2D eigenvalue weighted by Gasteiger charge is -2.11. The van der Waals surface area contributed by atoms with Gasteiger partial charge in [-0.05, 0) is 24.7 Å². The molecule has 2 amide bonds. The third-order valence-electron chi connectivity index (χ3n) is 3.04. The number of nitrogens with one attached hydrogen (secondary N) is 2. The Balaban J connectivity index is 1.85. The standard InChI is InChI=1S/C10H15N3O3/c1-16-5-4-10(2-3-10)6-11-9-12-7(14)8(15)13-9/h2-6H2,1H3,(H2,11,12,13,14,15). The Labute approximate surface area is 93.4 Å². The molecule has 0 spiro atoms. The Bertz CT molecular complexity index is 329. The maximum absolute atomic E-state index is 10.9. The number of hydrogen-bond acceptors (Lipinski definition) is 4. The van der Waals surface area contributed by atoms with Crippen molar-refractivity contribution in [2.24, 2.45) is 10.4 Å². The molecule has 88 valence electrons. The first kappa shape index (κ1) is 11.1. The van der Waals surface area contributed by atoms with Gasteiger partial charge in [0.05, 0.1) is 0 Å². The number of carbonyl (C=O) groups is 2. The number of amides is 2. The number of aliphatic imine (C=N–C) groups is 1. The fraction of sp³-hybridized carbons (Fsp3) is 0.700. The summed E-state index contributed by atoms with van der Waals surface area (Å²) in [6.45, 7) is 1.36. The lowest BCUT2D eigenvalue weighted by molar-refractivity contribution is -0.135. The monoisotopic (exact) mass is 225 g/mol. The predicted molar refractivity (Wildman–Crippen MR) is 56.7 cm³/mol. The molecule has 0 unspecified atom stereocenters. The Morgan fingerprint density at radius 1 is 1.31 bits per heavy atom. The summed E-state index contributed by atoms with van der Waals surface area (Å²) >= 11 is 0. The quantitative estimate of drug-likeness (QED) is 0.613. The molecule has 2 rings (SSSR count). The van der Waals surface area contributed by atoms with E-state index in [1.54, 1.807) is 7.11 Å². The highest BCUT2D eigenvalue weighted by atomic mass is 16.5. The Morgan fingerprint density at radius 3 is 2.44 bits per heavy atom. The second-order valence-corrected chi connectivity index (χ2v) is 4.32. The van der Waals surface area contributed by atoms with Crippen molar-refractivity contribution in [3.63, 3.8) is 0 Å². The smallest absolute Gasteiger partial charge is 0.316 e. The number of methoxy groups -OCH3 is 1. The molecule has 6 heteroatoms. The van der Waals surface area contributed by atoms with E-state index in [0.29, 0.717) is 6.54 Å². The summed E-state index contributed by atoms with van der Waals surface area (Å²) < 4.78 is 5.04. The molecule has 1 saturated heterocycles. The molecule has 0 aromatic heterocycles. The van der Waals surface area contributed by atoms with Gasteiger partial charge in [0.15, 0.2) is 0 Å². The number of guanidine groups is 1. The zero-order chi connectivity index (χ0) is 11.6. The topological polar surface area (TPSA) is 79.8 Å². The summed E-state index contributed by atoms with van der Waals surface area (Å²) in [5, 5.41) is 4.76. The minimum absolute atomic E-state index is 0.223. The number of nitrogens with zero attached hydrogens (tertiary/aromatic N) is 1. The van der Waals surface area contributed by atoms with Crippen molar-refractivity contribution in [3.8, 4) is 0 Å². The van der Waals surface area contributed by atoms with Crippen molar-refractivity contribution in [1.82, 2.24) is 10.6 Å². The third kappa shape index (κ3) is 2.38. The van der Waals surface area contributed by atoms with Gasteiger partial charge in [-0.2, -0.15) is 0 Å². The van der Waals surface area contributed by atoms with Crippen LogP contribution in [0.4, 0.5) is 0 Å². The van der Waals surface area contributed by atoms with E-state index in [4.69, 9.17) is 4.74 Å². The van der Waals surface area contributed by atoms with Crippen LogP contribution in [0.2, 0.25) is 0 Å². The van der Waals surface area contributed by atoms with E-state index < -0.39 is 11.8 Å². The van der Waals surface area contributed by atoms with E-state index in [2.05, 4.69) is 15.6 Å². The fourth-order valence-corrected chi connectivity index (χ4v) is 1.67. The lowest BCUT2D eigenvalue weighted by Crippen LogP contribution is -2.27. The van der Waals surface area contributed by atoms with Gasteiger partial charge >= 0.3 is 11.8 Å². The third-order valence-corrected chi connectivity index (χ3v) is 3.04. The molecule has 0 aromatic rings.